The molecule has 148 valence electrons. The van der Waals surface area contributed by atoms with Crippen molar-refractivity contribution in [3.63, 3.8) is 0 Å². The van der Waals surface area contributed by atoms with Gasteiger partial charge in [0.2, 0.25) is 0 Å². The highest BCUT2D eigenvalue weighted by atomic mass is 127. The molecule has 0 saturated carbocycles. The lowest BCUT2D eigenvalue weighted by Gasteiger charge is -2.12. The van der Waals surface area contributed by atoms with Crippen molar-refractivity contribution in [1.82, 2.24) is 16.2 Å². The average molecular weight is 578 g/mol. The number of hydrogen-bond acceptors (Lipinski definition) is 5. The first-order valence-corrected chi connectivity index (χ1v) is 10.2. The molecule has 0 aliphatic rings. The highest BCUT2D eigenvalue weighted by Crippen LogP contribution is 2.22. The van der Waals surface area contributed by atoms with E-state index in [-0.39, 0.29) is 11.7 Å². The van der Waals surface area contributed by atoms with Gasteiger partial charge in [0.1, 0.15) is 11.5 Å². The van der Waals surface area contributed by atoms with Crippen LogP contribution >= 0.6 is 50.7 Å². The summed E-state index contributed by atoms with van der Waals surface area (Å²) in [5.74, 6) is 0.385. The van der Waals surface area contributed by atoms with Gasteiger partial charge in [-0.05, 0) is 83.7 Å². The minimum absolute atomic E-state index is 0.0443. The van der Waals surface area contributed by atoms with Crippen LogP contribution in [-0.2, 0) is 4.79 Å². The smallest absolute Gasteiger partial charge is 0.269 e. The summed E-state index contributed by atoms with van der Waals surface area (Å²) in [6.45, 7) is 1.70. The van der Waals surface area contributed by atoms with Crippen LogP contribution in [0.3, 0.4) is 0 Å². The summed E-state index contributed by atoms with van der Waals surface area (Å²) in [4.78, 5) is 24.0. The van der Waals surface area contributed by atoms with Gasteiger partial charge in [-0.25, -0.2) is 0 Å². The number of aryl methyl sites for hydroxylation is 1. The Morgan fingerprint density at radius 1 is 1.18 bits per heavy atom. The first-order valence-electron chi connectivity index (χ1n) is 7.93. The van der Waals surface area contributed by atoms with Gasteiger partial charge >= 0.3 is 0 Å². The predicted octanol–water partition coefficient (Wildman–Crippen LogP) is 3.09. The molecule has 10 heteroatoms. The Kier molecular flexibility index (Phi) is 8.45. The van der Waals surface area contributed by atoms with Gasteiger partial charge in [0.05, 0.1) is 10.7 Å². The van der Waals surface area contributed by atoms with Crippen LogP contribution in [0.15, 0.2) is 40.9 Å². The van der Waals surface area contributed by atoms with Gasteiger partial charge in [-0.2, -0.15) is 0 Å². The second-order valence-electron chi connectivity index (χ2n) is 5.51. The number of nitrogens with one attached hydrogen (secondary N) is 3. The molecule has 0 aliphatic heterocycles. The number of ether oxygens (including phenoxy) is 2. The number of rotatable bonds is 5. The molecule has 0 spiro atoms. The van der Waals surface area contributed by atoms with Crippen molar-refractivity contribution < 1.29 is 19.1 Å². The molecule has 2 aromatic rings. The zero-order valence-corrected chi connectivity index (χ0v) is 19.5. The van der Waals surface area contributed by atoms with Gasteiger partial charge < -0.3 is 9.47 Å². The third-order valence-electron chi connectivity index (χ3n) is 3.46. The Morgan fingerprint density at radius 2 is 1.93 bits per heavy atom. The van der Waals surface area contributed by atoms with Gasteiger partial charge in [-0.3, -0.25) is 25.8 Å². The highest BCUT2D eigenvalue weighted by molar-refractivity contribution is 14.1. The standard InChI is InChI=1S/C18H17BrIN3O4S/c1-10-7-12(4-5-13(10)19)27-9-16(24)21-18(28)23-22-17(25)11-3-6-15(26-2)14(20)8-11/h3-8H,9H2,1-2H3,(H,22,25)(H2,21,23,24,28). The molecular formula is C18H17BrIN3O4S. The van der Waals surface area contributed by atoms with Crippen LogP contribution in [0.5, 0.6) is 11.5 Å². The second kappa shape index (κ2) is 10.6. The van der Waals surface area contributed by atoms with Crippen molar-refractivity contribution in [3.8, 4) is 11.5 Å². The fourth-order valence-electron chi connectivity index (χ4n) is 2.04. The maximum absolute atomic E-state index is 12.1. The second-order valence-corrected chi connectivity index (χ2v) is 7.93. The topological polar surface area (TPSA) is 88.7 Å². The summed E-state index contributed by atoms with van der Waals surface area (Å²) in [6, 6.07) is 10.4. The van der Waals surface area contributed by atoms with Crippen LogP contribution < -0.4 is 25.6 Å². The van der Waals surface area contributed by atoms with E-state index >= 15 is 0 Å². The van der Waals surface area contributed by atoms with Crippen molar-refractivity contribution in [2.75, 3.05) is 13.7 Å². The Balaban J connectivity index is 1.78. The molecule has 0 aromatic heterocycles. The molecular weight excluding hydrogens is 561 g/mol. The van der Waals surface area contributed by atoms with Gasteiger partial charge in [0, 0.05) is 10.0 Å². The summed E-state index contributed by atoms with van der Waals surface area (Å²) in [7, 11) is 1.56. The van der Waals surface area contributed by atoms with Crippen LogP contribution in [-0.4, -0.2) is 30.6 Å². The lowest BCUT2D eigenvalue weighted by Crippen LogP contribution is -2.49. The highest BCUT2D eigenvalue weighted by Gasteiger charge is 2.11. The largest absolute Gasteiger partial charge is 0.496 e. The Labute approximate surface area is 189 Å². The van der Waals surface area contributed by atoms with E-state index in [2.05, 4.69) is 54.7 Å². The number of carbonyl (C=O) groups excluding carboxylic acids is 2. The monoisotopic (exact) mass is 577 g/mol. The van der Waals surface area contributed by atoms with E-state index in [1.807, 2.05) is 19.1 Å². The number of hydrazine groups is 1. The third kappa shape index (κ3) is 6.60. The van der Waals surface area contributed by atoms with Crippen molar-refractivity contribution in [3.05, 3.63) is 55.6 Å². The minimum atomic E-state index is -0.452. The number of thiocarbonyl (C=S) groups is 1. The van der Waals surface area contributed by atoms with E-state index in [1.54, 1.807) is 31.4 Å². The van der Waals surface area contributed by atoms with Crippen LogP contribution in [0.2, 0.25) is 0 Å². The molecule has 0 atom stereocenters. The van der Waals surface area contributed by atoms with Crippen molar-refractivity contribution in [2.24, 2.45) is 0 Å². The Hall–Kier alpha value is -1.92. The van der Waals surface area contributed by atoms with Gasteiger partial charge in [-0.15, -0.1) is 0 Å². The normalized spacial score (nSPS) is 10.0. The number of benzene rings is 2. The molecule has 0 radical (unpaired) electrons. The van der Waals surface area contributed by atoms with Gasteiger partial charge in [0.25, 0.3) is 11.8 Å². The number of halogens is 2. The number of carbonyl (C=O) groups is 2. The summed E-state index contributed by atoms with van der Waals surface area (Å²) < 4.78 is 12.3. The molecule has 0 saturated heterocycles. The molecule has 0 heterocycles. The number of amides is 2. The van der Waals surface area contributed by atoms with Crippen LogP contribution in [0, 0.1) is 10.5 Å². The van der Waals surface area contributed by atoms with Crippen molar-refractivity contribution in [2.45, 2.75) is 6.92 Å². The molecule has 2 aromatic carbocycles. The van der Waals surface area contributed by atoms with Crippen LogP contribution in [0.1, 0.15) is 15.9 Å². The lowest BCUT2D eigenvalue weighted by atomic mass is 10.2. The number of hydrogen-bond donors (Lipinski definition) is 3. The molecule has 0 aliphatic carbocycles. The minimum Gasteiger partial charge on any atom is -0.496 e. The summed E-state index contributed by atoms with van der Waals surface area (Å²) in [5, 5.41) is 2.38. The van der Waals surface area contributed by atoms with Crippen LogP contribution in [0.4, 0.5) is 0 Å². The molecule has 3 N–H and O–H groups in total. The zero-order valence-electron chi connectivity index (χ0n) is 15.0. The van der Waals surface area contributed by atoms with E-state index < -0.39 is 11.8 Å². The van der Waals surface area contributed by atoms with E-state index in [0.29, 0.717) is 17.1 Å². The summed E-state index contributed by atoms with van der Waals surface area (Å²) in [5.41, 5.74) is 6.31. The molecule has 0 fully saturated rings. The molecule has 2 rings (SSSR count). The van der Waals surface area contributed by atoms with E-state index in [4.69, 9.17) is 21.7 Å². The SMILES string of the molecule is COc1ccc(C(=O)NNC(=S)NC(=O)COc2ccc(Br)c(C)c2)cc1I. The van der Waals surface area contributed by atoms with Gasteiger partial charge in [-0.1, -0.05) is 15.9 Å². The van der Waals surface area contributed by atoms with Crippen molar-refractivity contribution >= 4 is 67.7 Å². The van der Waals surface area contributed by atoms with E-state index in [1.165, 1.54) is 0 Å². The van der Waals surface area contributed by atoms with Crippen molar-refractivity contribution in [1.29, 1.82) is 0 Å². The Morgan fingerprint density at radius 3 is 2.57 bits per heavy atom. The molecule has 2 amide bonds. The molecule has 0 bridgehead atoms. The maximum atomic E-state index is 12.1. The summed E-state index contributed by atoms with van der Waals surface area (Å²) in [6.07, 6.45) is 0. The predicted molar refractivity (Wildman–Crippen MR) is 121 cm³/mol. The number of methoxy groups -OCH3 is 1. The third-order valence-corrected chi connectivity index (χ3v) is 5.39. The van der Waals surface area contributed by atoms with Gasteiger partial charge in [0.15, 0.2) is 11.7 Å². The fraction of sp³-hybridized carbons (Fsp3) is 0.167. The summed E-state index contributed by atoms with van der Waals surface area (Å²) >= 11 is 10.5. The average Bonchev–Trinajstić information content (AvgIpc) is 2.67. The maximum Gasteiger partial charge on any atom is 0.269 e. The van der Waals surface area contributed by atoms with Crippen LogP contribution in [0.25, 0.3) is 0 Å². The van der Waals surface area contributed by atoms with E-state index in [0.717, 1.165) is 13.6 Å². The quantitative estimate of drug-likeness (QED) is 0.288. The first-order chi connectivity index (χ1) is 13.3. The molecule has 28 heavy (non-hydrogen) atoms. The lowest BCUT2D eigenvalue weighted by molar-refractivity contribution is -0.121. The fourth-order valence-corrected chi connectivity index (χ4v) is 3.19. The molecule has 7 nitrogen and oxygen atoms in total. The molecule has 0 unspecified atom stereocenters. The Bertz CT molecular complexity index is 910. The first kappa shape index (κ1) is 22.4. The van der Waals surface area contributed by atoms with E-state index in [9.17, 15) is 9.59 Å². The zero-order chi connectivity index (χ0) is 20.7.